The van der Waals surface area contributed by atoms with E-state index < -0.39 is 0 Å². The molecule has 0 radical (unpaired) electrons. The highest BCUT2D eigenvalue weighted by Gasteiger charge is 2.24. The van der Waals surface area contributed by atoms with Crippen molar-refractivity contribution in [1.82, 2.24) is 14.8 Å². The van der Waals surface area contributed by atoms with Crippen molar-refractivity contribution < 1.29 is 4.79 Å². The van der Waals surface area contributed by atoms with Crippen LogP contribution in [0, 0.1) is 6.92 Å². The Morgan fingerprint density at radius 3 is 2.57 bits per heavy atom. The molecular weight excluding hydrogens is 434 g/mol. The molecule has 1 heterocycles. The van der Waals surface area contributed by atoms with E-state index in [-0.39, 0.29) is 11.5 Å². The number of rotatable bonds is 7. The van der Waals surface area contributed by atoms with Crippen molar-refractivity contribution in [1.29, 1.82) is 0 Å². The summed E-state index contributed by atoms with van der Waals surface area (Å²) in [7, 11) is 4.10. The van der Waals surface area contributed by atoms with Crippen LogP contribution in [0.25, 0.3) is 21.9 Å². The van der Waals surface area contributed by atoms with Gasteiger partial charge in [0.1, 0.15) is 0 Å². The van der Waals surface area contributed by atoms with Gasteiger partial charge in [-0.15, -0.1) is 0 Å². The third kappa shape index (κ3) is 5.20. The smallest absolute Gasteiger partial charge is 0.258 e. The zero-order chi connectivity index (χ0) is 24.5. The van der Waals surface area contributed by atoms with Gasteiger partial charge in [-0.2, -0.15) is 0 Å². The SMILES string of the molecule is Cc1ccc(C(=O)NC2CC2)cc1-c1ccc2c(=O)n(Cc3cccc(CN(C)C)c3)ccc2c1. The topological polar surface area (TPSA) is 54.3 Å². The largest absolute Gasteiger partial charge is 0.349 e. The van der Waals surface area contributed by atoms with Gasteiger partial charge >= 0.3 is 0 Å². The number of benzene rings is 3. The summed E-state index contributed by atoms with van der Waals surface area (Å²) in [6, 6.07) is 22.5. The van der Waals surface area contributed by atoms with E-state index in [0.29, 0.717) is 23.5 Å². The summed E-state index contributed by atoms with van der Waals surface area (Å²) in [6.07, 6.45) is 4.00. The van der Waals surface area contributed by atoms with Crippen LogP contribution < -0.4 is 10.9 Å². The van der Waals surface area contributed by atoms with E-state index in [2.05, 4.69) is 42.5 Å². The van der Waals surface area contributed by atoms with Crippen molar-refractivity contribution in [3.8, 4) is 11.1 Å². The summed E-state index contributed by atoms with van der Waals surface area (Å²) >= 11 is 0. The lowest BCUT2D eigenvalue weighted by Crippen LogP contribution is -2.25. The normalized spacial score (nSPS) is 13.4. The molecule has 178 valence electrons. The Labute approximate surface area is 206 Å². The van der Waals surface area contributed by atoms with Gasteiger partial charge in [0, 0.05) is 29.7 Å². The zero-order valence-electron chi connectivity index (χ0n) is 20.5. The maximum absolute atomic E-state index is 13.3. The molecule has 0 unspecified atom stereocenters. The fourth-order valence-electron chi connectivity index (χ4n) is 4.54. The average molecular weight is 466 g/mol. The molecule has 5 nitrogen and oxygen atoms in total. The fraction of sp³-hybridized carbons (Fsp3) is 0.267. The fourth-order valence-corrected chi connectivity index (χ4v) is 4.54. The van der Waals surface area contributed by atoms with Gasteiger partial charge < -0.3 is 14.8 Å². The number of nitrogens with one attached hydrogen (secondary N) is 1. The number of aromatic nitrogens is 1. The van der Waals surface area contributed by atoms with E-state index in [1.165, 1.54) is 5.56 Å². The summed E-state index contributed by atoms with van der Waals surface area (Å²) in [4.78, 5) is 27.9. The van der Waals surface area contributed by atoms with E-state index >= 15 is 0 Å². The highest BCUT2D eigenvalue weighted by atomic mass is 16.1. The van der Waals surface area contributed by atoms with Gasteiger partial charge in [0.05, 0.1) is 6.54 Å². The van der Waals surface area contributed by atoms with Crippen molar-refractivity contribution in [3.05, 3.63) is 106 Å². The molecule has 4 aromatic rings. The second-order valence-corrected chi connectivity index (χ2v) is 9.89. The first-order valence-corrected chi connectivity index (χ1v) is 12.1. The molecule has 1 aromatic heterocycles. The molecule has 1 aliphatic rings. The molecule has 0 bridgehead atoms. The Bertz CT molecular complexity index is 1460. The third-order valence-corrected chi connectivity index (χ3v) is 6.54. The highest BCUT2D eigenvalue weighted by Crippen LogP contribution is 2.28. The number of nitrogens with zero attached hydrogens (tertiary/aromatic N) is 2. The molecule has 5 rings (SSSR count). The molecule has 5 heteroatoms. The first-order valence-electron chi connectivity index (χ1n) is 12.1. The minimum atomic E-state index is -0.0212. The lowest BCUT2D eigenvalue weighted by atomic mass is 9.96. The quantitative estimate of drug-likeness (QED) is 0.419. The number of carbonyl (C=O) groups is 1. The lowest BCUT2D eigenvalue weighted by molar-refractivity contribution is 0.0951. The molecule has 0 saturated heterocycles. The number of hydrogen-bond acceptors (Lipinski definition) is 3. The second-order valence-electron chi connectivity index (χ2n) is 9.89. The van der Waals surface area contributed by atoms with Crippen LogP contribution in [0.5, 0.6) is 0 Å². The molecule has 35 heavy (non-hydrogen) atoms. The third-order valence-electron chi connectivity index (χ3n) is 6.54. The first-order chi connectivity index (χ1) is 16.9. The van der Waals surface area contributed by atoms with Gasteiger partial charge in [0.25, 0.3) is 11.5 Å². The molecule has 1 fully saturated rings. The molecule has 0 spiro atoms. The Hall–Kier alpha value is -3.70. The van der Waals surface area contributed by atoms with E-state index in [0.717, 1.165) is 47.0 Å². The van der Waals surface area contributed by atoms with Crippen molar-refractivity contribution in [2.75, 3.05) is 14.1 Å². The summed E-state index contributed by atoms with van der Waals surface area (Å²) in [5, 5.41) is 4.65. The molecule has 3 aromatic carbocycles. The molecule has 1 saturated carbocycles. The predicted octanol–water partition coefficient (Wildman–Crippen LogP) is 4.98. The van der Waals surface area contributed by atoms with Crippen molar-refractivity contribution in [3.63, 3.8) is 0 Å². The number of pyridine rings is 1. The van der Waals surface area contributed by atoms with E-state index in [4.69, 9.17) is 0 Å². The van der Waals surface area contributed by atoms with Crippen LogP contribution in [0.2, 0.25) is 0 Å². The van der Waals surface area contributed by atoms with Crippen molar-refractivity contribution in [2.24, 2.45) is 0 Å². The number of aryl methyl sites for hydroxylation is 1. The molecule has 0 atom stereocenters. The first kappa shape index (κ1) is 23.1. The highest BCUT2D eigenvalue weighted by molar-refractivity contribution is 5.96. The van der Waals surface area contributed by atoms with Crippen molar-refractivity contribution >= 4 is 16.7 Å². The number of amides is 1. The van der Waals surface area contributed by atoms with E-state index in [1.54, 1.807) is 4.57 Å². The zero-order valence-corrected chi connectivity index (χ0v) is 20.5. The minimum absolute atomic E-state index is 0.00125. The Balaban J connectivity index is 1.44. The van der Waals surface area contributed by atoms with Crippen LogP contribution in [0.1, 0.15) is 39.9 Å². The minimum Gasteiger partial charge on any atom is -0.349 e. The van der Waals surface area contributed by atoms with Crippen LogP contribution in [-0.4, -0.2) is 35.5 Å². The number of hydrogen-bond donors (Lipinski definition) is 1. The second kappa shape index (κ2) is 9.51. The Morgan fingerprint density at radius 2 is 1.80 bits per heavy atom. The monoisotopic (exact) mass is 465 g/mol. The van der Waals surface area contributed by atoms with Gasteiger partial charge in [-0.05, 0) is 97.4 Å². The van der Waals surface area contributed by atoms with Crippen molar-refractivity contribution in [2.45, 2.75) is 38.9 Å². The molecule has 0 aliphatic heterocycles. The van der Waals surface area contributed by atoms with E-state index in [1.807, 2.05) is 61.7 Å². The summed E-state index contributed by atoms with van der Waals surface area (Å²) in [6.45, 7) is 3.45. The number of carbonyl (C=O) groups excluding carboxylic acids is 1. The molecular formula is C30H31N3O2. The summed E-state index contributed by atoms with van der Waals surface area (Å²) in [5.41, 5.74) is 6.12. The lowest BCUT2D eigenvalue weighted by Gasteiger charge is -2.13. The van der Waals surface area contributed by atoms with Gasteiger partial charge in [-0.25, -0.2) is 0 Å². The van der Waals surface area contributed by atoms with Gasteiger partial charge in [-0.1, -0.05) is 36.4 Å². The number of fused-ring (bicyclic) bond motifs is 1. The van der Waals surface area contributed by atoms with Crippen LogP contribution in [-0.2, 0) is 13.1 Å². The molecule has 1 amide bonds. The van der Waals surface area contributed by atoms with Gasteiger partial charge in [0.15, 0.2) is 0 Å². The Morgan fingerprint density at radius 1 is 1.00 bits per heavy atom. The standard InChI is InChI=1S/C30H31N3O2/c1-20-7-8-25(29(34)31-26-10-11-26)17-28(20)23-9-12-27-24(16-23)13-14-33(30(27)35)19-22-6-4-5-21(15-22)18-32(2)3/h4-9,12-17,26H,10-11,18-19H2,1-3H3,(H,31,34). The van der Waals surface area contributed by atoms with Crippen LogP contribution >= 0.6 is 0 Å². The average Bonchev–Trinajstić information content (AvgIpc) is 3.65. The summed E-state index contributed by atoms with van der Waals surface area (Å²) in [5.74, 6) is -0.0212. The van der Waals surface area contributed by atoms with E-state index in [9.17, 15) is 9.59 Å². The maximum atomic E-state index is 13.3. The predicted molar refractivity (Wildman–Crippen MR) is 142 cm³/mol. The van der Waals surface area contributed by atoms with Gasteiger partial charge in [-0.3, -0.25) is 9.59 Å². The molecule has 1 aliphatic carbocycles. The van der Waals surface area contributed by atoms with Crippen LogP contribution in [0.3, 0.4) is 0 Å². The van der Waals surface area contributed by atoms with Crippen LogP contribution in [0.15, 0.2) is 77.7 Å². The molecule has 1 N–H and O–H groups in total. The maximum Gasteiger partial charge on any atom is 0.258 e. The van der Waals surface area contributed by atoms with Crippen LogP contribution in [0.4, 0.5) is 0 Å². The Kier molecular flexibility index (Phi) is 6.27. The summed E-state index contributed by atoms with van der Waals surface area (Å²) < 4.78 is 1.77. The van der Waals surface area contributed by atoms with Gasteiger partial charge in [0.2, 0.25) is 0 Å².